The summed E-state index contributed by atoms with van der Waals surface area (Å²) in [6, 6.07) is 12.5. The monoisotopic (exact) mass is 393 g/mol. The number of carbonyl (C=O) groups excluding carboxylic acids is 1. The summed E-state index contributed by atoms with van der Waals surface area (Å²) in [6.45, 7) is 4.96. The van der Waals surface area contributed by atoms with Gasteiger partial charge in [-0.3, -0.25) is 9.78 Å². The first kappa shape index (κ1) is 18.9. The number of nitrogens with one attached hydrogen (secondary N) is 1. The number of hydrogen-bond donors (Lipinski definition) is 2. The second-order valence-corrected chi connectivity index (χ2v) is 7.02. The van der Waals surface area contributed by atoms with Gasteiger partial charge in [-0.1, -0.05) is 12.1 Å². The van der Waals surface area contributed by atoms with Crippen LogP contribution in [0.3, 0.4) is 0 Å². The Labute approximate surface area is 168 Å². The predicted molar refractivity (Wildman–Crippen MR) is 111 cm³/mol. The van der Waals surface area contributed by atoms with Crippen LogP contribution in [0.25, 0.3) is 10.9 Å². The number of aryl methyl sites for hydroxylation is 1. The molecule has 1 amide bonds. The number of hydrogen-bond acceptors (Lipinski definition) is 6. The zero-order valence-electron chi connectivity index (χ0n) is 16.4. The lowest BCUT2D eigenvalue weighted by Crippen LogP contribution is -2.37. The van der Waals surface area contributed by atoms with Crippen LogP contribution in [0.15, 0.2) is 42.5 Å². The van der Waals surface area contributed by atoms with E-state index in [4.69, 9.17) is 19.9 Å². The fourth-order valence-electron chi connectivity index (χ4n) is 3.35. The molecule has 4 rings (SSSR count). The van der Waals surface area contributed by atoms with Gasteiger partial charge in [0.15, 0.2) is 11.5 Å². The first-order chi connectivity index (χ1) is 14.0. The molecule has 0 bridgehead atoms. The largest absolute Gasteiger partial charge is 0.491 e. The third-order valence-corrected chi connectivity index (χ3v) is 4.63. The number of nitrogen functional groups attached to an aromatic ring is 1. The zero-order chi connectivity index (χ0) is 20.4. The van der Waals surface area contributed by atoms with Gasteiger partial charge >= 0.3 is 0 Å². The van der Waals surface area contributed by atoms with Gasteiger partial charge in [-0.15, -0.1) is 0 Å². The molecule has 0 radical (unpaired) electrons. The fraction of sp³-hybridized carbons (Fsp3) is 0.273. The van der Waals surface area contributed by atoms with Crippen molar-refractivity contribution in [1.29, 1.82) is 0 Å². The molecule has 3 aromatic rings. The van der Waals surface area contributed by atoms with E-state index in [1.807, 2.05) is 38.1 Å². The minimum atomic E-state index is -0.238. The number of nitrogens with two attached hydrogens (primary N) is 1. The Morgan fingerprint density at radius 1 is 1.24 bits per heavy atom. The van der Waals surface area contributed by atoms with Crippen molar-refractivity contribution in [3.63, 3.8) is 0 Å². The molecule has 0 spiro atoms. The third kappa shape index (κ3) is 3.89. The molecule has 0 saturated heterocycles. The smallest absolute Gasteiger partial charge is 0.255 e. The maximum atomic E-state index is 12.7. The molecule has 3 N–H and O–H groups in total. The fourth-order valence-corrected chi connectivity index (χ4v) is 3.35. The highest BCUT2D eigenvalue weighted by Crippen LogP contribution is 2.33. The Bertz CT molecular complexity index is 1070. The SMILES string of the molecule is Cc1cc(N)c2c(OCC(C)NC(=O)c3cccc4c3OCCO4)cccc2n1. The normalized spacial score (nSPS) is 13.7. The van der Waals surface area contributed by atoms with Crippen molar-refractivity contribution in [2.24, 2.45) is 0 Å². The van der Waals surface area contributed by atoms with Crippen LogP contribution in [-0.4, -0.2) is 36.8 Å². The molecule has 0 aliphatic carbocycles. The van der Waals surface area contributed by atoms with E-state index in [0.717, 1.165) is 16.6 Å². The molecular formula is C22H23N3O4. The van der Waals surface area contributed by atoms with Gasteiger partial charge in [-0.05, 0) is 44.2 Å². The lowest BCUT2D eigenvalue weighted by Gasteiger charge is -2.21. The molecule has 7 heteroatoms. The highest BCUT2D eigenvalue weighted by molar-refractivity contribution is 5.98. The third-order valence-electron chi connectivity index (χ3n) is 4.63. The number of rotatable bonds is 5. The molecule has 1 aliphatic rings. The van der Waals surface area contributed by atoms with Crippen LogP contribution in [0.4, 0.5) is 5.69 Å². The maximum absolute atomic E-state index is 12.7. The average Bonchev–Trinajstić information content (AvgIpc) is 2.71. The van der Waals surface area contributed by atoms with Gasteiger partial charge in [0.25, 0.3) is 5.91 Å². The predicted octanol–water partition coefficient (Wildman–Crippen LogP) is 3.09. The molecule has 7 nitrogen and oxygen atoms in total. The van der Waals surface area contributed by atoms with Gasteiger partial charge in [-0.25, -0.2) is 0 Å². The number of ether oxygens (including phenoxy) is 3. The molecule has 2 heterocycles. The number of benzene rings is 2. The number of nitrogens with zero attached hydrogens (tertiary/aromatic N) is 1. The lowest BCUT2D eigenvalue weighted by molar-refractivity contribution is 0.0916. The Kier molecular flexibility index (Phi) is 5.12. The summed E-state index contributed by atoms with van der Waals surface area (Å²) in [6.07, 6.45) is 0. The Hall–Kier alpha value is -3.48. The quantitative estimate of drug-likeness (QED) is 0.692. The van der Waals surface area contributed by atoms with Crippen LogP contribution in [0, 0.1) is 6.92 Å². The Morgan fingerprint density at radius 2 is 2.03 bits per heavy atom. The summed E-state index contributed by atoms with van der Waals surface area (Å²) < 4.78 is 17.1. The number of aromatic nitrogens is 1. The summed E-state index contributed by atoms with van der Waals surface area (Å²) in [5.74, 6) is 1.47. The van der Waals surface area contributed by atoms with Gasteiger partial charge in [-0.2, -0.15) is 0 Å². The van der Waals surface area contributed by atoms with E-state index in [-0.39, 0.29) is 18.6 Å². The van der Waals surface area contributed by atoms with E-state index in [0.29, 0.717) is 41.7 Å². The second-order valence-electron chi connectivity index (χ2n) is 7.02. The number of carbonyl (C=O) groups is 1. The molecule has 150 valence electrons. The van der Waals surface area contributed by atoms with Crippen LogP contribution >= 0.6 is 0 Å². The highest BCUT2D eigenvalue weighted by atomic mass is 16.6. The van der Waals surface area contributed by atoms with Crippen LogP contribution in [0.5, 0.6) is 17.2 Å². The number of para-hydroxylation sites is 1. The van der Waals surface area contributed by atoms with Gasteiger partial charge in [0.05, 0.1) is 22.5 Å². The van der Waals surface area contributed by atoms with Crippen molar-refractivity contribution < 1.29 is 19.0 Å². The van der Waals surface area contributed by atoms with Gasteiger partial charge < -0.3 is 25.3 Å². The molecule has 0 saturated carbocycles. The molecular weight excluding hydrogens is 370 g/mol. The summed E-state index contributed by atoms with van der Waals surface area (Å²) in [4.78, 5) is 17.2. The van der Waals surface area contributed by atoms with E-state index < -0.39 is 0 Å². The Morgan fingerprint density at radius 3 is 2.90 bits per heavy atom. The molecule has 2 aromatic carbocycles. The van der Waals surface area contributed by atoms with Crippen LogP contribution < -0.4 is 25.3 Å². The van der Waals surface area contributed by atoms with E-state index in [2.05, 4.69) is 10.3 Å². The molecule has 1 aliphatic heterocycles. The maximum Gasteiger partial charge on any atom is 0.255 e. The summed E-state index contributed by atoms with van der Waals surface area (Å²) in [5, 5.41) is 3.72. The van der Waals surface area contributed by atoms with Gasteiger partial charge in [0, 0.05) is 11.4 Å². The van der Waals surface area contributed by atoms with Crippen molar-refractivity contribution in [3.8, 4) is 17.2 Å². The lowest BCUT2D eigenvalue weighted by atomic mass is 10.1. The van der Waals surface area contributed by atoms with Crippen LogP contribution in [-0.2, 0) is 0 Å². The first-order valence-corrected chi connectivity index (χ1v) is 9.51. The molecule has 29 heavy (non-hydrogen) atoms. The van der Waals surface area contributed by atoms with E-state index in [9.17, 15) is 4.79 Å². The average molecular weight is 393 g/mol. The number of amides is 1. The van der Waals surface area contributed by atoms with E-state index >= 15 is 0 Å². The van der Waals surface area contributed by atoms with Crippen LogP contribution in [0.2, 0.25) is 0 Å². The van der Waals surface area contributed by atoms with Gasteiger partial charge in [0.2, 0.25) is 0 Å². The molecule has 1 unspecified atom stereocenters. The number of pyridine rings is 1. The van der Waals surface area contributed by atoms with Crippen molar-refractivity contribution in [2.75, 3.05) is 25.6 Å². The highest BCUT2D eigenvalue weighted by Gasteiger charge is 2.21. The number of anilines is 1. The summed E-state index contributed by atoms with van der Waals surface area (Å²) in [7, 11) is 0. The minimum absolute atomic E-state index is 0.238. The Balaban J connectivity index is 1.46. The first-order valence-electron chi connectivity index (χ1n) is 9.51. The standard InChI is InChI=1S/C22H23N3O4/c1-13-11-16(23)20-17(24-13)6-4-7-18(20)29-12-14(2)25-22(26)15-5-3-8-19-21(15)28-10-9-27-19/h3-8,11,14H,9-10,12H2,1-2H3,(H2,23,24)(H,25,26). The van der Waals surface area contributed by atoms with Crippen molar-refractivity contribution in [2.45, 2.75) is 19.9 Å². The van der Waals surface area contributed by atoms with E-state index in [1.165, 1.54) is 0 Å². The number of fused-ring (bicyclic) bond motifs is 2. The van der Waals surface area contributed by atoms with Gasteiger partial charge in [0.1, 0.15) is 25.6 Å². The summed E-state index contributed by atoms with van der Waals surface area (Å²) >= 11 is 0. The molecule has 1 aromatic heterocycles. The van der Waals surface area contributed by atoms with Crippen molar-refractivity contribution in [1.82, 2.24) is 10.3 Å². The topological polar surface area (TPSA) is 95.7 Å². The summed E-state index contributed by atoms with van der Waals surface area (Å²) in [5.41, 5.74) is 8.87. The van der Waals surface area contributed by atoms with E-state index in [1.54, 1.807) is 18.2 Å². The van der Waals surface area contributed by atoms with Crippen LogP contribution in [0.1, 0.15) is 23.0 Å². The minimum Gasteiger partial charge on any atom is -0.491 e. The van der Waals surface area contributed by atoms with Crippen molar-refractivity contribution >= 4 is 22.5 Å². The molecule has 0 fully saturated rings. The molecule has 1 atom stereocenters. The zero-order valence-corrected chi connectivity index (χ0v) is 16.4. The second kappa shape index (κ2) is 7.87. The van der Waals surface area contributed by atoms with Crippen molar-refractivity contribution in [3.05, 3.63) is 53.7 Å².